The molecule has 0 heterocycles. The monoisotopic (exact) mass is 521 g/mol. The van der Waals surface area contributed by atoms with Gasteiger partial charge in [0.25, 0.3) is 15.7 Å². The molecule has 0 aliphatic carbocycles. The number of benzene rings is 3. The summed E-state index contributed by atoms with van der Waals surface area (Å²) in [4.78, 5) is 39.1. The lowest BCUT2D eigenvalue weighted by Gasteiger charge is -2.26. The summed E-state index contributed by atoms with van der Waals surface area (Å²) < 4.78 is 27.3. The van der Waals surface area contributed by atoms with Crippen LogP contribution in [0.1, 0.15) is 23.6 Å². The average Bonchev–Trinajstić information content (AvgIpc) is 2.88. The molecule has 10 heteroatoms. The number of amides is 2. The van der Waals surface area contributed by atoms with Gasteiger partial charge in [-0.05, 0) is 49.6 Å². The van der Waals surface area contributed by atoms with Gasteiger partial charge in [-0.2, -0.15) is 0 Å². The number of anilines is 1. The van der Waals surface area contributed by atoms with Gasteiger partial charge in [0.15, 0.2) is 0 Å². The summed E-state index contributed by atoms with van der Waals surface area (Å²) in [5.41, 5.74) is 1.77. The van der Waals surface area contributed by atoms with Crippen LogP contribution in [0.15, 0.2) is 84.3 Å². The fourth-order valence-corrected chi connectivity index (χ4v) is 4.57. The predicted octanol–water partition coefficient (Wildman–Crippen LogP) is 4.23. The highest BCUT2D eigenvalue weighted by Crippen LogP contribution is 2.24. The second kappa shape index (κ2) is 12.1. The molecule has 1 unspecified atom stereocenters. The van der Waals surface area contributed by atoms with Gasteiger partial charge in [0.2, 0.25) is 11.8 Å². The normalized spacial score (nSPS) is 12.2. The third kappa shape index (κ3) is 7.34. The van der Waals surface area contributed by atoms with E-state index < -0.39 is 32.7 Å². The Bertz CT molecular complexity index is 1410. The van der Waals surface area contributed by atoms with Crippen LogP contribution in [0.25, 0.3) is 6.08 Å². The lowest BCUT2D eigenvalue weighted by molar-refractivity contribution is -0.385. The highest BCUT2D eigenvalue weighted by molar-refractivity contribution is 7.93. The molecule has 2 amide bonds. The smallest absolute Gasteiger partial charge is 0.272 e. The van der Waals surface area contributed by atoms with E-state index in [4.69, 9.17) is 0 Å². The van der Waals surface area contributed by atoms with E-state index in [0.29, 0.717) is 22.4 Å². The Labute approximate surface area is 215 Å². The van der Waals surface area contributed by atoms with Gasteiger partial charge in [0.05, 0.1) is 10.3 Å². The first kappa shape index (κ1) is 27.3. The fourth-order valence-electron chi connectivity index (χ4n) is 3.75. The number of hydrogen-bond acceptors (Lipinski definition) is 6. The maximum atomic E-state index is 13.6. The first-order valence-corrected chi connectivity index (χ1v) is 13.1. The molecule has 0 aliphatic rings. The molecule has 0 saturated heterocycles. The minimum Gasteiger partial charge on any atom is -0.312 e. The number of aryl methyl sites for hydroxylation is 1. The van der Waals surface area contributed by atoms with Gasteiger partial charge in [0.1, 0.15) is 5.92 Å². The minimum atomic E-state index is -4.23. The van der Waals surface area contributed by atoms with Crippen LogP contribution in [0.2, 0.25) is 0 Å². The van der Waals surface area contributed by atoms with Crippen molar-refractivity contribution in [1.29, 1.82) is 0 Å². The maximum Gasteiger partial charge on any atom is 0.272 e. The molecule has 3 aromatic carbocycles. The van der Waals surface area contributed by atoms with Crippen molar-refractivity contribution in [3.63, 3.8) is 0 Å². The number of hydrogen-bond donors (Lipinski definition) is 1. The van der Waals surface area contributed by atoms with E-state index in [1.165, 1.54) is 23.1 Å². The van der Waals surface area contributed by atoms with Gasteiger partial charge in [-0.1, -0.05) is 60.7 Å². The van der Waals surface area contributed by atoms with Crippen molar-refractivity contribution in [2.45, 2.75) is 20.3 Å². The summed E-state index contributed by atoms with van der Waals surface area (Å²) in [6, 6.07) is 21.7. The van der Waals surface area contributed by atoms with Gasteiger partial charge in [0, 0.05) is 23.9 Å². The third-order valence-corrected chi connectivity index (χ3v) is 6.64. The van der Waals surface area contributed by atoms with Crippen LogP contribution < -0.4 is 9.62 Å². The van der Waals surface area contributed by atoms with Crippen LogP contribution in [0.4, 0.5) is 11.4 Å². The Balaban J connectivity index is 1.94. The quantitative estimate of drug-likeness (QED) is 0.242. The molecule has 3 rings (SSSR count). The summed E-state index contributed by atoms with van der Waals surface area (Å²) in [7, 11) is -4.23. The SMILES string of the molecule is CCN(C(=O)C(Cc1ccc(C)c([N+](=O)[O-])c1)C(=O)NS(=O)(=O)C=Cc1ccccc1)c1ccccc1. The molecule has 1 atom stereocenters. The van der Waals surface area contributed by atoms with E-state index in [0.717, 1.165) is 5.41 Å². The average molecular weight is 522 g/mol. The summed E-state index contributed by atoms with van der Waals surface area (Å²) in [6.07, 6.45) is 1.10. The topological polar surface area (TPSA) is 127 Å². The van der Waals surface area contributed by atoms with Crippen molar-refractivity contribution in [2.24, 2.45) is 5.92 Å². The maximum absolute atomic E-state index is 13.6. The van der Waals surface area contributed by atoms with Crippen molar-refractivity contribution in [3.8, 4) is 0 Å². The van der Waals surface area contributed by atoms with Crippen molar-refractivity contribution in [1.82, 2.24) is 4.72 Å². The lowest BCUT2D eigenvalue weighted by atomic mass is 9.95. The first-order valence-electron chi connectivity index (χ1n) is 11.5. The number of sulfonamides is 1. The van der Waals surface area contributed by atoms with Gasteiger partial charge in [-0.3, -0.25) is 19.7 Å². The summed E-state index contributed by atoms with van der Waals surface area (Å²) in [5.74, 6) is -3.11. The fraction of sp³-hybridized carbons (Fsp3) is 0.185. The second-order valence-electron chi connectivity index (χ2n) is 8.28. The molecule has 0 spiro atoms. The molecular formula is C27H27N3O6S. The number of para-hydroxylation sites is 1. The summed E-state index contributed by atoms with van der Waals surface area (Å²) >= 11 is 0. The van der Waals surface area contributed by atoms with Crippen molar-refractivity contribution < 1.29 is 22.9 Å². The summed E-state index contributed by atoms with van der Waals surface area (Å²) in [5, 5.41) is 12.3. The summed E-state index contributed by atoms with van der Waals surface area (Å²) in [6.45, 7) is 3.54. The number of nitrogens with one attached hydrogen (secondary N) is 1. The van der Waals surface area contributed by atoms with E-state index in [-0.39, 0.29) is 18.7 Å². The standard InChI is InChI=1S/C27H27N3O6S/c1-3-29(23-12-8-5-9-13-23)27(32)24(18-22-15-14-20(2)25(19-22)30(33)34)26(31)28-37(35,36)17-16-21-10-6-4-7-11-21/h4-17,19,24H,3,18H2,1-2H3,(H,28,31). The zero-order chi connectivity index (χ0) is 27.0. The van der Waals surface area contributed by atoms with Crippen LogP contribution >= 0.6 is 0 Å². The third-order valence-electron chi connectivity index (χ3n) is 5.66. The van der Waals surface area contributed by atoms with Gasteiger partial charge in [-0.25, -0.2) is 13.1 Å². The molecule has 9 nitrogen and oxygen atoms in total. The molecule has 192 valence electrons. The Morgan fingerprint density at radius 3 is 2.24 bits per heavy atom. The van der Waals surface area contributed by atoms with Crippen LogP contribution in [-0.4, -0.2) is 31.7 Å². The van der Waals surface area contributed by atoms with Crippen molar-refractivity contribution in [3.05, 3.63) is 111 Å². The predicted molar refractivity (Wildman–Crippen MR) is 142 cm³/mol. The van der Waals surface area contributed by atoms with Crippen molar-refractivity contribution >= 4 is 39.3 Å². The first-order chi connectivity index (χ1) is 17.6. The molecule has 0 fully saturated rings. The number of nitro groups is 1. The molecule has 0 bridgehead atoms. The Morgan fingerprint density at radius 1 is 1.03 bits per heavy atom. The molecule has 0 aromatic heterocycles. The minimum absolute atomic E-state index is 0.155. The molecule has 1 N–H and O–H groups in total. The number of nitro benzene ring substituents is 1. The van der Waals surface area contributed by atoms with Crippen LogP contribution in [-0.2, 0) is 26.0 Å². The van der Waals surface area contributed by atoms with Crippen LogP contribution in [0, 0.1) is 23.0 Å². The van der Waals surface area contributed by atoms with Crippen LogP contribution in [0.5, 0.6) is 0 Å². The lowest BCUT2D eigenvalue weighted by Crippen LogP contribution is -2.46. The van der Waals surface area contributed by atoms with E-state index >= 15 is 0 Å². The molecule has 37 heavy (non-hydrogen) atoms. The Hall–Kier alpha value is -4.31. The van der Waals surface area contributed by atoms with Gasteiger partial charge < -0.3 is 4.90 Å². The van der Waals surface area contributed by atoms with Crippen molar-refractivity contribution in [2.75, 3.05) is 11.4 Å². The second-order valence-corrected chi connectivity index (χ2v) is 9.84. The number of rotatable bonds is 10. The highest BCUT2D eigenvalue weighted by atomic mass is 32.2. The Morgan fingerprint density at radius 2 is 1.65 bits per heavy atom. The van der Waals surface area contributed by atoms with E-state index in [1.807, 2.05) is 4.72 Å². The van der Waals surface area contributed by atoms with E-state index in [9.17, 15) is 28.1 Å². The highest BCUT2D eigenvalue weighted by Gasteiger charge is 2.33. The van der Waals surface area contributed by atoms with Gasteiger partial charge in [-0.15, -0.1) is 0 Å². The molecular weight excluding hydrogens is 494 g/mol. The molecule has 0 radical (unpaired) electrons. The number of nitrogens with zero attached hydrogens (tertiary/aromatic N) is 2. The molecule has 3 aromatic rings. The number of carbonyl (C=O) groups excluding carboxylic acids is 2. The largest absolute Gasteiger partial charge is 0.312 e. The number of carbonyl (C=O) groups is 2. The molecule has 0 aliphatic heterocycles. The van der Waals surface area contributed by atoms with Crippen LogP contribution in [0.3, 0.4) is 0 Å². The Kier molecular flexibility index (Phi) is 8.91. The zero-order valence-corrected chi connectivity index (χ0v) is 21.2. The molecule has 0 saturated carbocycles. The van der Waals surface area contributed by atoms with E-state index in [2.05, 4.69) is 0 Å². The van der Waals surface area contributed by atoms with Gasteiger partial charge >= 0.3 is 0 Å². The zero-order valence-electron chi connectivity index (χ0n) is 20.4. The van der Waals surface area contributed by atoms with E-state index in [1.54, 1.807) is 80.6 Å².